The van der Waals surface area contributed by atoms with Crippen LogP contribution in [0.4, 0.5) is 0 Å². The first-order chi connectivity index (χ1) is 9.65. The zero-order valence-electron chi connectivity index (χ0n) is 10.6. The fourth-order valence-corrected chi connectivity index (χ4v) is 2.31. The molecule has 0 aromatic heterocycles. The Labute approximate surface area is 124 Å². The molecule has 4 nitrogen and oxygen atoms in total. The Kier molecular flexibility index (Phi) is 4.53. The molecule has 0 aliphatic rings. The van der Waals surface area contributed by atoms with Crippen molar-refractivity contribution in [3.63, 3.8) is 0 Å². The highest BCUT2D eigenvalue weighted by Gasteiger charge is 2.13. The first-order valence-corrected chi connectivity index (χ1v) is 6.55. The van der Waals surface area contributed by atoms with Crippen LogP contribution in [0, 0.1) is 0 Å². The number of aldehydes is 1. The third-order valence-electron chi connectivity index (χ3n) is 2.60. The van der Waals surface area contributed by atoms with E-state index in [0.29, 0.717) is 27.6 Å². The average Bonchev–Trinajstić information content (AvgIpc) is 2.47. The molecular weight excluding hydrogens is 324 g/mol. The molecule has 0 spiro atoms. The molecule has 0 radical (unpaired) electrons. The number of methoxy groups -OCH3 is 1. The van der Waals surface area contributed by atoms with Crippen molar-refractivity contribution < 1.29 is 19.1 Å². The number of benzene rings is 2. The molecule has 5 heteroatoms. The van der Waals surface area contributed by atoms with Crippen molar-refractivity contribution in [2.24, 2.45) is 0 Å². The van der Waals surface area contributed by atoms with Crippen LogP contribution in [0.25, 0.3) is 0 Å². The number of ether oxygens (including phenoxy) is 2. The van der Waals surface area contributed by atoms with Crippen molar-refractivity contribution in [2.75, 3.05) is 7.11 Å². The van der Waals surface area contributed by atoms with E-state index in [1.807, 2.05) is 6.07 Å². The summed E-state index contributed by atoms with van der Waals surface area (Å²) in [6.07, 6.45) is 0.642. The van der Waals surface area contributed by atoms with Gasteiger partial charge >= 0.3 is 5.97 Å². The van der Waals surface area contributed by atoms with E-state index in [4.69, 9.17) is 9.47 Å². The van der Waals surface area contributed by atoms with Crippen molar-refractivity contribution in [2.45, 2.75) is 0 Å². The van der Waals surface area contributed by atoms with E-state index in [9.17, 15) is 9.59 Å². The van der Waals surface area contributed by atoms with Crippen molar-refractivity contribution >= 4 is 28.2 Å². The Hall–Kier alpha value is -2.14. The minimum absolute atomic E-state index is 0.272. The summed E-state index contributed by atoms with van der Waals surface area (Å²) in [6.45, 7) is 0. The highest BCUT2D eigenvalue weighted by molar-refractivity contribution is 9.10. The van der Waals surface area contributed by atoms with Gasteiger partial charge in [0.2, 0.25) is 0 Å². The predicted octanol–water partition coefficient (Wildman–Crippen LogP) is 3.49. The summed E-state index contributed by atoms with van der Waals surface area (Å²) in [5.74, 6) is 0.188. The van der Waals surface area contributed by atoms with Crippen LogP contribution in [0.3, 0.4) is 0 Å². The van der Waals surface area contributed by atoms with Gasteiger partial charge in [0, 0.05) is 0 Å². The lowest BCUT2D eigenvalue weighted by atomic mass is 10.2. The Morgan fingerprint density at radius 1 is 1.20 bits per heavy atom. The SMILES string of the molecule is COc1c(Br)cc(OC(=O)c2ccccc2)cc1C=O. The van der Waals surface area contributed by atoms with Gasteiger partial charge in [0.15, 0.2) is 6.29 Å². The monoisotopic (exact) mass is 334 g/mol. The molecule has 2 aromatic rings. The second-order valence-corrected chi connectivity index (χ2v) is 4.76. The number of rotatable bonds is 4. The van der Waals surface area contributed by atoms with Crippen molar-refractivity contribution in [3.8, 4) is 11.5 Å². The fourth-order valence-electron chi connectivity index (χ4n) is 1.69. The van der Waals surface area contributed by atoms with Crippen LogP contribution in [0.15, 0.2) is 46.9 Å². The summed E-state index contributed by atoms with van der Waals surface area (Å²) in [5, 5.41) is 0. The lowest BCUT2D eigenvalue weighted by Gasteiger charge is -2.10. The zero-order chi connectivity index (χ0) is 14.5. The molecule has 0 amide bonds. The normalized spacial score (nSPS) is 9.90. The smallest absolute Gasteiger partial charge is 0.343 e. The van der Waals surface area contributed by atoms with Crippen LogP contribution in [-0.2, 0) is 0 Å². The molecule has 0 aliphatic heterocycles. The molecule has 0 aliphatic carbocycles. The fraction of sp³-hybridized carbons (Fsp3) is 0.0667. The first kappa shape index (κ1) is 14.3. The number of esters is 1. The Morgan fingerprint density at radius 3 is 2.50 bits per heavy atom. The van der Waals surface area contributed by atoms with E-state index in [1.165, 1.54) is 13.2 Å². The van der Waals surface area contributed by atoms with Gasteiger partial charge in [-0.15, -0.1) is 0 Å². The third-order valence-corrected chi connectivity index (χ3v) is 3.19. The second-order valence-electron chi connectivity index (χ2n) is 3.90. The van der Waals surface area contributed by atoms with Gasteiger partial charge in [-0.25, -0.2) is 4.79 Å². The predicted molar refractivity (Wildman–Crippen MR) is 77.5 cm³/mol. The van der Waals surface area contributed by atoms with Gasteiger partial charge < -0.3 is 9.47 Å². The number of hydrogen-bond acceptors (Lipinski definition) is 4. The minimum Gasteiger partial charge on any atom is -0.495 e. The molecule has 2 aromatic carbocycles. The van der Waals surface area contributed by atoms with Gasteiger partial charge in [-0.1, -0.05) is 18.2 Å². The number of carbonyl (C=O) groups excluding carboxylic acids is 2. The Morgan fingerprint density at radius 2 is 1.90 bits per heavy atom. The van der Waals surface area contributed by atoms with Crippen molar-refractivity contribution in [3.05, 3.63) is 58.1 Å². The molecule has 0 saturated carbocycles. The molecule has 2 rings (SSSR count). The van der Waals surface area contributed by atoms with Gasteiger partial charge in [0.05, 0.1) is 22.7 Å². The van der Waals surface area contributed by atoms with Crippen LogP contribution < -0.4 is 9.47 Å². The molecule has 0 N–H and O–H groups in total. The van der Waals surface area contributed by atoms with Crippen molar-refractivity contribution in [1.82, 2.24) is 0 Å². The van der Waals surface area contributed by atoms with Crippen LogP contribution in [0.5, 0.6) is 11.5 Å². The maximum absolute atomic E-state index is 11.9. The van der Waals surface area contributed by atoms with Crippen LogP contribution >= 0.6 is 15.9 Å². The van der Waals surface area contributed by atoms with Gasteiger partial charge in [0.25, 0.3) is 0 Å². The molecule has 0 fully saturated rings. The minimum atomic E-state index is -0.487. The summed E-state index contributed by atoms with van der Waals surface area (Å²) in [4.78, 5) is 22.9. The highest BCUT2D eigenvalue weighted by Crippen LogP contribution is 2.32. The molecule has 0 unspecified atom stereocenters. The van der Waals surface area contributed by atoms with E-state index in [1.54, 1.807) is 30.3 Å². The first-order valence-electron chi connectivity index (χ1n) is 5.75. The van der Waals surface area contributed by atoms with E-state index in [-0.39, 0.29) is 5.75 Å². The molecule has 102 valence electrons. The molecule has 20 heavy (non-hydrogen) atoms. The van der Waals surface area contributed by atoms with Gasteiger partial charge in [0.1, 0.15) is 11.5 Å². The van der Waals surface area contributed by atoms with Crippen LogP contribution in [-0.4, -0.2) is 19.4 Å². The van der Waals surface area contributed by atoms with E-state index >= 15 is 0 Å². The molecule has 0 saturated heterocycles. The molecule has 0 heterocycles. The van der Waals surface area contributed by atoms with Gasteiger partial charge in [-0.05, 0) is 40.2 Å². The lowest BCUT2D eigenvalue weighted by molar-refractivity contribution is 0.0734. The Balaban J connectivity index is 2.28. The average molecular weight is 335 g/mol. The van der Waals surface area contributed by atoms with Crippen LogP contribution in [0.2, 0.25) is 0 Å². The quantitative estimate of drug-likeness (QED) is 0.488. The summed E-state index contributed by atoms with van der Waals surface area (Å²) >= 11 is 3.27. The standard InChI is InChI=1S/C15H11BrO4/c1-19-14-11(9-17)7-12(8-13(14)16)20-15(18)10-5-3-2-4-6-10/h2-9H,1H3. The number of halogens is 1. The van der Waals surface area contributed by atoms with Gasteiger partial charge in [-0.3, -0.25) is 4.79 Å². The van der Waals surface area contributed by atoms with E-state index in [0.717, 1.165) is 0 Å². The molecule has 0 bridgehead atoms. The zero-order valence-corrected chi connectivity index (χ0v) is 12.2. The Bertz CT molecular complexity index is 638. The lowest BCUT2D eigenvalue weighted by Crippen LogP contribution is -2.08. The second kappa shape index (κ2) is 6.34. The maximum atomic E-state index is 11.9. The van der Waals surface area contributed by atoms with Gasteiger partial charge in [-0.2, -0.15) is 0 Å². The number of carbonyl (C=O) groups is 2. The van der Waals surface area contributed by atoms with Crippen LogP contribution in [0.1, 0.15) is 20.7 Å². The molecular formula is C15H11BrO4. The summed E-state index contributed by atoms with van der Waals surface area (Å²) in [6, 6.07) is 11.6. The van der Waals surface area contributed by atoms with E-state index in [2.05, 4.69) is 15.9 Å². The number of hydrogen-bond donors (Lipinski definition) is 0. The van der Waals surface area contributed by atoms with E-state index < -0.39 is 5.97 Å². The van der Waals surface area contributed by atoms with Crippen molar-refractivity contribution in [1.29, 1.82) is 0 Å². The topological polar surface area (TPSA) is 52.6 Å². The maximum Gasteiger partial charge on any atom is 0.343 e. The third kappa shape index (κ3) is 3.05. The highest BCUT2D eigenvalue weighted by atomic mass is 79.9. The largest absolute Gasteiger partial charge is 0.495 e. The summed E-state index contributed by atoms with van der Waals surface area (Å²) in [5.41, 5.74) is 0.741. The summed E-state index contributed by atoms with van der Waals surface area (Å²) in [7, 11) is 1.46. The summed E-state index contributed by atoms with van der Waals surface area (Å²) < 4.78 is 10.9. The molecule has 0 atom stereocenters.